The van der Waals surface area contributed by atoms with Gasteiger partial charge in [-0.05, 0) is 38.0 Å². The molecule has 1 amide bonds. The number of fused-ring (bicyclic) bond motifs is 1. The number of amides is 1. The minimum absolute atomic E-state index is 0.00247. The Morgan fingerprint density at radius 1 is 1.24 bits per heavy atom. The van der Waals surface area contributed by atoms with E-state index in [0.717, 1.165) is 18.3 Å². The summed E-state index contributed by atoms with van der Waals surface area (Å²) in [6.07, 6.45) is -0.819. The first-order valence-corrected chi connectivity index (χ1v) is 10.3. The van der Waals surface area contributed by atoms with E-state index in [1.807, 2.05) is 0 Å². The molecule has 0 saturated carbocycles. The van der Waals surface area contributed by atoms with Crippen LogP contribution in [0.3, 0.4) is 0 Å². The summed E-state index contributed by atoms with van der Waals surface area (Å²) in [5.41, 5.74) is -0.341. The highest BCUT2D eigenvalue weighted by atomic mass is 35.5. The number of Topliss-reactive ketones (excluding diaryl/α,β-unsaturated/α-hetero) is 1. The van der Waals surface area contributed by atoms with Gasteiger partial charge >= 0.3 is 6.18 Å². The fraction of sp³-hybridized carbons (Fsp3) is 0.273. The number of benzene rings is 1. The van der Waals surface area contributed by atoms with Gasteiger partial charge in [-0.3, -0.25) is 19.3 Å². The van der Waals surface area contributed by atoms with E-state index in [0.29, 0.717) is 5.56 Å². The van der Waals surface area contributed by atoms with Crippen LogP contribution in [0.2, 0.25) is 5.02 Å². The van der Waals surface area contributed by atoms with E-state index in [1.165, 1.54) is 30.1 Å². The van der Waals surface area contributed by atoms with Crippen LogP contribution in [0.25, 0.3) is 0 Å². The number of rotatable bonds is 3. The van der Waals surface area contributed by atoms with Crippen LogP contribution < -0.4 is 5.32 Å². The Hall–Kier alpha value is -3.27. The van der Waals surface area contributed by atoms with Crippen molar-refractivity contribution in [3.8, 4) is 0 Å². The third-order valence-electron chi connectivity index (χ3n) is 5.69. The highest BCUT2D eigenvalue weighted by Gasteiger charge is 2.38. The third-order valence-corrected chi connectivity index (χ3v) is 6.00. The first-order valence-electron chi connectivity index (χ1n) is 9.88. The molecule has 4 rings (SSSR count). The van der Waals surface area contributed by atoms with Crippen LogP contribution in [-0.4, -0.2) is 26.5 Å². The Morgan fingerprint density at radius 2 is 1.97 bits per heavy atom. The number of anilines is 1. The number of alkyl halides is 3. The SMILES string of the molecule is Cc1c(F)cncc1C(=O)Nc1cnn2c1C(=O)C(c1ccc(C(F)(F)F)c(Cl)c1)C[C@@H]2C. The van der Waals surface area contributed by atoms with Crippen molar-refractivity contribution in [2.75, 3.05) is 5.32 Å². The summed E-state index contributed by atoms with van der Waals surface area (Å²) in [5.74, 6) is -2.53. The van der Waals surface area contributed by atoms with Crippen LogP contribution in [-0.2, 0) is 6.18 Å². The minimum Gasteiger partial charge on any atom is -0.319 e. The molecule has 0 bridgehead atoms. The Kier molecular flexibility index (Phi) is 5.73. The van der Waals surface area contributed by atoms with Crippen LogP contribution in [0.1, 0.15) is 62.8 Å². The average Bonchev–Trinajstić information content (AvgIpc) is 3.16. The average molecular weight is 481 g/mol. The van der Waals surface area contributed by atoms with Gasteiger partial charge in [-0.25, -0.2) is 4.39 Å². The fourth-order valence-electron chi connectivity index (χ4n) is 3.93. The molecule has 1 aliphatic heterocycles. The van der Waals surface area contributed by atoms with E-state index in [2.05, 4.69) is 15.4 Å². The van der Waals surface area contributed by atoms with Gasteiger partial charge in [0.15, 0.2) is 5.78 Å². The van der Waals surface area contributed by atoms with Gasteiger partial charge in [-0.1, -0.05) is 17.7 Å². The van der Waals surface area contributed by atoms with E-state index < -0.39 is 40.2 Å². The van der Waals surface area contributed by atoms with E-state index >= 15 is 0 Å². The zero-order valence-electron chi connectivity index (χ0n) is 17.4. The highest BCUT2D eigenvalue weighted by Crippen LogP contribution is 2.41. The summed E-state index contributed by atoms with van der Waals surface area (Å²) in [6.45, 7) is 3.23. The lowest BCUT2D eigenvalue weighted by Gasteiger charge is -2.28. The van der Waals surface area contributed by atoms with Gasteiger partial charge in [0.25, 0.3) is 5.91 Å². The zero-order valence-corrected chi connectivity index (χ0v) is 18.1. The van der Waals surface area contributed by atoms with E-state index in [9.17, 15) is 27.2 Å². The lowest BCUT2D eigenvalue weighted by molar-refractivity contribution is -0.137. The number of pyridine rings is 1. The number of carbonyl (C=O) groups is 2. The van der Waals surface area contributed by atoms with Crippen molar-refractivity contribution in [2.24, 2.45) is 0 Å². The Balaban J connectivity index is 1.67. The Morgan fingerprint density at radius 3 is 2.64 bits per heavy atom. The predicted octanol–water partition coefficient (Wildman–Crippen LogP) is 5.58. The molecule has 0 saturated heterocycles. The molecular formula is C22H17ClF4N4O2. The van der Waals surface area contributed by atoms with Gasteiger partial charge in [0.1, 0.15) is 11.5 Å². The molecule has 0 radical (unpaired) electrons. The summed E-state index contributed by atoms with van der Waals surface area (Å²) in [6, 6.07) is 2.94. The maximum absolute atomic E-state index is 13.8. The molecule has 1 N–H and O–H groups in total. The summed E-state index contributed by atoms with van der Waals surface area (Å²) in [5, 5.41) is 6.26. The number of carbonyl (C=O) groups excluding carboxylic acids is 2. The van der Waals surface area contributed by atoms with Gasteiger partial charge in [0, 0.05) is 11.8 Å². The maximum Gasteiger partial charge on any atom is 0.417 e. The third kappa shape index (κ3) is 4.10. The van der Waals surface area contributed by atoms with Crippen molar-refractivity contribution < 1.29 is 27.2 Å². The molecule has 1 unspecified atom stereocenters. The predicted molar refractivity (Wildman–Crippen MR) is 112 cm³/mol. The number of aromatic nitrogens is 3. The topological polar surface area (TPSA) is 76.9 Å². The molecule has 1 aliphatic rings. The molecular weight excluding hydrogens is 464 g/mol. The van der Waals surface area contributed by atoms with Gasteiger partial charge in [-0.15, -0.1) is 0 Å². The normalized spacial score (nSPS) is 18.2. The highest BCUT2D eigenvalue weighted by molar-refractivity contribution is 6.31. The van der Waals surface area contributed by atoms with Crippen molar-refractivity contribution in [1.82, 2.24) is 14.8 Å². The van der Waals surface area contributed by atoms with Crippen molar-refractivity contribution >= 4 is 29.0 Å². The zero-order chi connectivity index (χ0) is 24.1. The number of nitrogens with zero attached hydrogens (tertiary/aromatic N) is 3. The molecule has 3 heterocycles. The van der Waals surface area contributed by atoms with E-state index in [4.69, 9.17) is 11.6 Å². The van der Waals surface area contributed by atoms with Crippen LogP contribution in [0.4, 0.5) is 23.2 Å². The first-order chi connectivity index (χ1) is 15.5. The molecule has 1 aromatic carbocycles. The number of ketones is 1. The summed E-state index contributed by atoms with van der Waals surface area (Å²) in [4.78, 5) is 29.7. The second-order valence-electron chi connectivity index (χ2n) is 7.84. The fourth-order valence-corrected chi connectivity index (χ4v) is 4.23. The monoisotopic (exact) mass is 480 g/mol. The number of nitrogens with one attached hydrogen (secondary N) is 1. The summed E-state index contributed by atoms with van der Waals surface area (Å²) >= 11 is 5.85. The maximum atomic E-state index is 13.8. The molecule has 0 fully saturated rings. The molecule has 6 nitrogen and oxygen atoms in total. The van der Waals surface area contributed by atoms with Crippen LogP contribution >= 0.6 is 11.6 Å². The molecule has 0 spiro atoms. The smallest absolute Gasteiger partial charge is 0.319 e. The molecule has 172 valence electrons. The van der Waals surface area contributed by atoms with Crippen LogP contribution in [0.5, 0.6) is 0 Å². The second-order valence-corrected chi connectivity index (χ2v) is 8.25. The first kappa shape index (κ1) is 22.9. The van der Waals surface area contributed by atoms with Crippen LogP contribution in [0, 0.1) is 12.7 Å². The standard InChI is InChI=1S/C22H17ClF4N4O2/c1-10-5-13(12-3-4-15(16(23)6-12)22(25,26)27)20(32)19-18(9-29-31(10)19)30-21(33)14-7-28-8-17(24)11(14)2/h3-4,6-10,13H,5H2,1-2H3,(H,30,33)/t10-,13?/m0/s1. The largest absolute Gasteiger partial charge is 0.417 e. The molecule has 0 aliphatic carbocycles. The molecule has 2 atom stereocenters. The van der Waals surface area contributed by atoms with E-state index in [1.54, 1.807) is 6.92 Å². The summed E-state index contributed by atoms with van der Waals surface area (Å²) in [7, 11) is 0. The molecule has 11 heteroatoms. The number of halogens is 5. The molecule has 3 aromatic rings. The van der Waals surface area contributed by atoms with Gasteiger partial charge in [-0.2, -0.15) is 18.3 Å². The van der Waals surface area contributed by atoms with Crippen molar-refractivity contribution in [3.05, 3.63) is 75.6 Å². The van der Waals surface area contributed by atoms with Gasteiger partial charge in [0.05, 0.1) is 46.2 Å². The van der Waals surface area contributed by atoms with Crippen molar-refractivity contribution in [2.45, 2.75) is 38.4 Å². The lowest BCUT2D eigenvalue weighted by atomic mass is 9.84. The second kappa shape index (κ2) is 8.26. The van der Waals surface area contributed by atoms with Crippen LogP contribution in [0.15, 0.2) is 36.8 Å². The number of hydrogen-bond acceptors (Lipinski definition) is 4. The lowest BCUT2D eigenvalue weighted by Crippen LogP contribution is -2.29. The van der Waals surface area contributed by atoms with Crippen molar-refractivity contribution in [1.29, 1.82) is 0 Å². The summed E-state index contributed by atoms with van der Waals surface area (Å²) < 4.78 is 54.4. The quantitative estimate of drug-likeness (QED) is 0.496. The molecule has 2 aromatic heterocycles. The van der Waals surface area contributed by atoms with E-state index in [-0.39, 0.29) is 35.0 Å². The minimum atomic E-state index is -4.61. The Bertz CT molecular complexity index is 1270. The Labute approximate surface area is 190 Å². The van der Waals surface area contributed by atoms with Gasteiger partial charge in [0.2, 0.25) is 0 Å². The number of hydrogen-bond donors (Lipinski definition) is 1. The molecule has 33 heavy (non-hydrogen) atoms. The van der Waals surface area contributed by atoms with Crippen molar-refractivity contribution in [3.63, 3.8) is 0 Å². The van der Waals surface area contributed by atoms with Gasteiger partial charge < -0.3 is 5.32 Å².